The highest BCUT2D eigenvalue weighted by atomic mass is 16.6. The fraction of sp³-hybridized carbons (Fsp3) is 0.700. The van der Waals surface area contributed by atoms with E-state index < -0.39 is 29.5 Å². The molecule has 0 aromatic carbocycles. The van der Waals surface area contributed by atoms with Crippen LogP contribution >= 0.6 is 0 Å². The first-order chi connectivity index (χ1) is 7.17. The highest BCUT2D eigenvalue weighted by molar-refractivity contribution is 6.35. The number of ketones is 1. The van der Waals surface area contributed by atoms with Crippen LogP contribution in [-0.4, -0.2) is 34.6 Å². The van der Waals surface area contributed by atoms with Crippen LogP contribution in [0.25, 0.3) is 0 Å². The molecule has 0 heterocycles. The first-order valence-electron chi connectivity index (χ1n) is 4.94. The van der Waals surface area contributed by atoms with Gasteiger partial charge in [0.1, 0.15) is 11.6 Å². The summed E-state index contributed by atoms with van der Waals surface area (Å²) in [6.07, 6.45) is -0.598. The van der Waals surface area contributed by atoms with Crippen LogP contribution in [0.5, 0.6) is 0 Å². The predicted molar refractivity (Wildman–Crippen MR) is 56.1 cm³/mol. The molecule has 6 heteroatoms. The first-order valence-corrected chi connectivity index (χ1v) is 4.94. The maximum Gasteiger partial charge on any atom is 0.408 e. The van der Waals surface area contributed by atoms with Crippen LogP contribution in [0.3, 0.4) is 0 Å². The molecule has 92 valence electrons. The van der Waals surface area contributed by atoms with Gasteiger partial charge in [-0.2, -0.15) is 0 Å². The molecule has 1 atom stereocenters. The Hall–Kier alpha value is -1.59. The Kier molecular flexibility index (Phi) is 4.94. The van der Waals surface area contributed by atoms with Crippen LogP contribution in [-0.2, 0) is 14.3 Å². The topological polar surface area (TPSA) is 92.7 Å². The average molecular weight is 231 g/mol. The molecular formula is C10H17NO5. The van der Waals surface area contributed by atoms with Crippen molar-refractivity contribution in [1.29, 1.82) is 0 Å². The van der Waals surface area contributed by atoms with Gasteiger partial charge in [0.05, 0.1) is 0 Å². The van der Waals surface area contributed by atoms with Gasteiger partial charge in [0.15, 0.2) is 0 Å². The Labute approximate surface area is 94.0 Å². The van der Waals surface area contributed by atoms with Gasteiger partial charge in [-0.15, -0.1) is 0 Å². The van der Waals surface area contributed by atoms with Crippen molar-refractivity contribution in [2.45, 2.75) is 45.8 Å². The lowest BCUT2D eigenvalue weighted by Crippen LogP contribution is -2.45. The number of hydrogen-bond donors (Lipinski definition) is 2. The quantitative estimate of drug-likeness (QED) is 0.702. The van der Waals surface area contributed by atoms with Crippen molar-refractivity contribution in [1.82, 2.24) is 5.32 Å². The fourth-order valence-corrected chi connectivity index (χ4v) is 0.952. The van der Waals surface area contributed by atoms with Crippen LogP contribution in [0.15, 0.2) is 0 Å². The highest BCUT2D eigenvalue weighted by Gasteiger charge is 2.26. The van der Waals surface area contributed by atoms with Crippen molar-refractivity contribution in [3.8, 4) is 0 Å². The van der Waals surface area contributed by atoms with Crippen molar-refractivity contribution >= 4 is 17.8 Å². The second-order valence-corrected chi connectivity index (χ2v) is 4.28. The van der Waals surface area contributed by atoms with Crippen molar-refractivity contribution in [2.75, 3.05) is 0 Å². The number of amides is 1. The Morgan fingerprint density at radius 1 is 1.31 bits per heavy atom. The molecule has 0 aliphatic rings. The van der Waals surface area contributed by atoms with Crippen LogP contribution in [0.1, 0.15) is 34.1 Å². The van der Waals surface area contributed by atoms with Crippen LogP contribution in [0.4, 0.5) is 4.79 Å². The molecule has 1 amide bonds. The molecule has 2 N–H and O–H groups in total. The number of ether oxygens (including phenoxy) is 1. The maximum absolute atomic E-state index is 11.3. The lowest BCUT2D eigenvalue weighted by Gasteiger charge is -2.21. The summed E-state index contributed by atoms with van der Waals surface area (Å²) in [6.45, 7) is 6.62. The monoisotopic (exact) mass is 231 g/mol. The molecule has 0 radical (unpaired) electrons. The van der Waals surface area contributed by atoms with E-state index >= 15 is 0 Å². The number of hydrogen-bond acceptors (Lipinski definition) is 4. The van der Waals surface area contributed by atoms with Gasteiger partial charge in [-0.1, -0.05) is 6.92 Å². The normalized spacial score (nSPS) is 12.8. The number of rotatable bonds is 4. The SMILES string of the molecule is CCC(NC(=O)OC(C)(C)C)C(=O)C(=O)O. The van der Waals surface area contributed by atoms with E-state index in [9.17, 15) is 14.4 Å². The molecule has 0 rings (SSSR count). The largest absolute Gasteiger partial charge is 0.475 e. The lowest BCUT2D eigenvalue weighted by molar-refractivity contribution is -0.150. The Bertz CT molecular complexity index is 292. The number of carboxylic acid groups (broad SMARTS) is 1. The molecule has 16 heavy (non-hydrogen) atoms. The number of nitrogens with one attached hydrogen (secondary N) is 1. The number of carbonyl (C=O) groups is 3. The minimum atomic E-state index is -1.57. The summed E-state index contributed by atoms with van der Waals surface area (Å²) < 4.78 is 4.90. The third-order valence-electron chi connectivity index (χ3n) is 1.63. The standard InChI is InChI=1S/C10H17NO5/c1-5-6(7(12)8(13)14)11-9(15)16-10(2,3)4/h6H,5H2,1-4H3,(H,11,15)(H,13,14). The molecule has 0 bridgehead atoms. The highest BCUT2D eigenvalue weighted by Crippen LogP contribution is 2.07. The molecule has 1 unspecified atom stereocenters. The Morgan fingerprint density at radius 2 is 1.81 bits per heavy atom. The van der Waals surface area contributed by atoms with E-state index in [4.69, 9.17) is 9.84 Å². The number of alkyl carbamates (subject to hydrolysis) is 1. The fourth-order valence-electron chi connectivity index (χ4n) is 0.952. The zero-order chi connectivity index (χ0) is 12.9. The van der Waals surface area contributed by atoms with Crippen LogP contribution < -0.4 is 5.32 Å². The minimum absolute atomic E-state index is 0.199. The van der Waals surface area contributed by atoms with E-state index in [-0.39, 0.29) is 6.42 Å². The van der Waals surface area contributed by atoms with Gasteiger partial charge in [-0.05, 0) is 27.2 Å². The second kappa shape index (κ2) is 5.48. The average Bonchev–Trinajstić information content (AvgIpc) is 2.09. The molecule has 0 spiro atoms. The minimum Gasteiger partial charge on any atom is -0.475 e. The summed E-state index contributed by atoms with van der Waals surface area (Å²) in [4.78, 5) is 32.8. The van der Waals surface area contributed by atoms with Crippen molar-refractivity contribution < 1.29 is 24.2 Å². The van der Waals surface area contributed by atoms with Gasteiger partial charge in [0, 0.05) is 0 Å². The molecule has 0 aliphatic carbocycles. The van der Waals surface area contributed by atoms with Gasteiger partial charge in [-0.3, -0.25) is 4.79 Å². The van der Waals surface area contributed by atoms with Crippen molar-refractivity contribution in [2.24, 2.45) is 0 Å². The number of carbonyl (C=O) groups excluding carboxylic acids is 2. The predicted octanol–water partition coefficient (Wildman–Crippen LogP) is 0.943. The molecule has 6 nitrogen and oxygen atoms in total. The van der Waals surface area contributed by atoms with Crippen LogP contribution in [0.2, 0.25) is 0 Å². The van der Waals surface area contributed by atoms with E-state index in [1.807, 2.05) is 0 Å². The molecule has 0 aliphatic heterocycles. The zero-order valence-electron chi connectivity index (χ0n) is 9.86. The van der Waals surface area contributed by atoms with Gasteiger partial charge in [0.25, 0.3) is 5.78 Å². The summed E-state index contributed by atoms with van der Waals surface area (Å²) in [5, 5.41) is 10.7. The third-order valence-corrected chi connectivity index (χ3v) is 1.63. The number of carboxylic acids is 1. The number of Topliss-reactive ketones (excluding diaryl/α,β-unsaturated/α-hetero) is 1. The Balaban J connectivity index is 4.40. The van der Waals surface area contributed by atoms with Gasteiger partial charge >= 0.3 is 12.1 Å². The summed E-state index contributed by atoms with van der Waals surface area (Å²) in [5.41, 5.74) is -0.686. The van der Waals surface area contributed by atoms with Gasteiger partial charge in [0.2, 0.25) is 0 Å². The summed E-state index contributed by atoms with van der Waals surface area (Å²) in [5.74, 6) is -2.61. The molecule has 0 saturated carbocycles. The van der Waals surface area contributed by atoms with E-state index in [2.05, 4.69) is 5.32 Å². The Morgan fingerprint density at radius 3 is 2.12 bits per heavy atom. The van der Waals surface area contributed by atoms with Crippen molar-refractivity contribution in [3.05, 3.63) is 0 Å². The van der Waals surface area contributed by atoms with E-state index in [0.29, 0.717) is 0 Å². The summed E-state index contributed by atoms with van der Waals surface area (Å²) >= 11 is 0. The smallest absolute Gasteiger partial charge is 0.408 e. The van der Waals surface area contributed by atoms with E-state index in [1.165, 1.54) is 0 Å². The van der Waals surface area contributed by atoms with E-state index in [1.54, 1.807) is 27.7 Å². The first kappa shape index (κ1) is 14.4. The van der Waals surface area contributed by atoms with Gasteiger partial charge in [-0.25, -0.2) is 9.59 Å². The number of aliphatic carboxylic acids is 1. The van der Waals surface area contributed by atoms with Crippen molar-refractivity contribution in [3.63, 3.8) is 0 Å². The molecule has 0 fully saturated rings. The molecule has 0 aromatic rings. The third kappa shape index (κ3) is 5.33. The maximum atomic E-state index is 11.3. The summed E-state index contributed by atoms with van der Waals surface area (Å²) in [6, 6.07) is -1.05. The van der Waals surface area contributed by atoms with Gasteiger partial charge < -0.3 is 15.2 Å². The second-order valence-electron chi connectivity index (χ2n) is 4.28. The van der Waals surface area contributed by atoms with Crippen LogP contribution in [0, 0.1) is 0 Å². The lowest BCUT2D eigenvalue weighted by atomic mass is 10.1. The zero-order valence-corrected chi connectivity index (χ0v) is 9.86. The van der Waals surface area contributed by atoms with E-state index in [0.717, 1.165) is 0 Å². The summed E-state index contributed by atoms with van der Waals surface area (Å²) in [7, 11) is 0. The molecule has 0 aromatic heterocycles. The molecular weight excluding hydrogens is 214 g/mol. The molecule has 0 saturated heterocycles.